The van der Waals surface area contributed by atoms with Crippen molar-refractivity contribution in [3.8, 4) is 0 Å². The van der Waals surface area contributed by atoms with E-state index in [1.54, 1.807) is 54.8 Å². The highest BCUT2D eigenvalue weighted by Gasteiger charge is 2.08. The lowest BCUT2D eigenvalue weighted by Gasteiger charge is -2.02. The number of hydrogen-bond donors (Lipinski definition) is 1. The van der Waals surface area contributed by atoms with Gasteiger partial charge in [-0.05, 0) is 29.8 Å². The first kappa shape index (κ1) is 14.1. The Balaban J connectivity index is 1.86. The fraction of sp³-hybridized carbons (Fsp3) is 0.0714. The number of hydrazone groups is 1. The molecule has 0 bridgehead atoms. The Kier molecular flexibility index (Phi) is 4.73. The lowest BCUT2D eigenvalue weighted by molar-refractivity contribution is 0.557. The van der Waals surface area contributed by atoms with E-state index in [9.17, 15) is 8.42 Å². The molecule has 1 heterocycles. The largest absolute Gasteiger partial charge is 0.465 e. The highest BCUT2D eigenvalue weighted by atomic mass is 32.2. The molecule has 20 heavy (non-hydrogen) atoms. The average Bonchev–Trinajstić information content (AvgIpc) is 2.92. The normalized spacial score (nSPS) is 12.2. The van der Waals surface area contributed by atoms with Crippen LogP contribution in [0.1, 0.15) is 11.3 Å². The standard InChI is InChI=1S/C14H14N2O3S/c17-20(18,12-13-6-2-1-3-7-13)16-15-10-4-8-14-9-5-11-19-14/h1-11,16H,12H2. The molecule has 104 valence electrons. The van der Waals surface area contributed by atoms with Crippen LogP contribution in [0.5, 0.6) is 0 Å². The van der Waals surface area contributed by atoms with Crippen molar-refractivity contribution in [3.05, 3.63) is 66.1 Å². The van der Waals surface area contributed by atoms with E-state index in [1.165, 1.54) is 6.21 Å². The number of allylic oxidation sites excluding steroid dienone is 1. The maximum Gasteiger partial charge on any atom is 0.251 e. The molecule has 0 unspecified atom stereocenters. The van der Waals surface area contributed by atoms with Gasteiger partial charge in [0, 0.05) is 6.21 Å². The van der Waals surface area contributed by atoms with Gasteiger partial charge in [0.2, 0.25) is 0 Å². The molecule has 2 aromatic rings. The summed E-state index contributed by atoms with van der Waals surface area (Å²) in [6.07, 6.45) is 6.17. The maximum atomic E-state index is 11.7. The molecule has 0 saturated carbocycles. The van der Waals surface area contributed by atoms with Gasteiger partial charge in [0.25, 0.3) is 10.0 Å². The van der Waals surface area contributed by atoms with Gasteiger partial charge in [-0.3, -0.25) is 0 Å². The van der Waals surface area contributed by atoms with E-state index in [4.69, 9.17) is 4.42 Å². The molecule has 6 heteroatoms. The van der Waals surface area contributed by atoms with E-state index >= 15 is 0 Å². The van der Waals surface area contributed by atoms with Crippen molar-refractivity contribution >= 4 is 22.3 Å². The Morgan fingerprint density at radius 3 is 2.65 bits per heavy atom. The van der Waals surface area contributed by atoms with Crippen LogP contribution < -0.4 is 4.83 Å². The summed E-state index contributed by atoms with van der Waals surface area (Å²) in [6, 6.07) is 12.5. The van der Waals surface area contributed by atoms with Gasteiger partial charge < -0.3 is 4.42 Å². The van der Waals surface area contributed by atoms with Crippen LogP contribution >= 0.6 is 0 Å². The maximum absolute atomic E-state index is 11.7. The number of rotatable bonds is 6. The molecule has 5 nitrogen and oxygen atoms in total. The summed E-state index contributed by atoms with van der Waals surface area (Å²) in [5.74, 6) is 0.566. The molecular formula is C14H14N2O3S. The quantitative estimate of drug-likeness (QED) is 0.656. The minimum Gasteiger partial charge on any atom is -0.465 e. The third kappa shape index (κ3) is 4.74. The molecule has 0 saturated heterocycles. The molecule has 0 radical (unpaired) electrons. The van der Waals surface area contributed by atoms with Gasteiger partial charge in [0.05, 0.1) is 12.0 Å². The molecule has 0 fully saturated rings. The number of hydrogen-bond acceptors (Lipinski definition) is 4. The highest BCUT2D eigenvalue weighted by Crippen LogP contribution is 2.04. The summed E-state index contributed by atoms with van der Waals surface area (Å²) in [6.45, 7) is 0. The van der Waals surface area contributed by atoms with Crippen molar-refractivity contribution < 1.29 is 12.8 Å². The van der Waals surface area contributed by atoms with Crippen LogP contribution in [-0.4, -0.2) is 14.6 Å². The van der Waals surface area contributed by atoms with Gasteiger partial charge in [-0.2, -0.15) is 5.10 Å². The van der Waals surface area contributed by atoms with Gasteiger partial charge in [-0.15, -0.1) is 0 Å². The predicted molar refractivity (Wildman–Crippen MR) is 78.4 cm³/mol. The second-order valence-electron chi connectivity index (χ2n) is 3.99. The smallest absolute Gasteiger partial charge is 0.251 e. The van der Waals surface area contributed by atoms with E-state index < -0.39 is 10.0 Å². The van der Waals surface area contributed by atoms with E-state index in [2.05, 4.69) is 9.93 Å². The van der Waals surface area contributed by atoms with Gasteiger partial charge in [0.1, 0.15) is 5.76 Å². The zero-order chi connectivity index (χ0) is 14.3. The van der Waals surface area contributed by atoms with Gasteiger partial charge in [-0.25, -0.2) is 13.2 Å². The Hall–Kier alpha value is -2.34. The SMILES string of the molecule is O=S(=O)(Cc1ccccc1)NN=CC=Cc1ccco1. The lowest BCUT2D eigenvalue weighted by Crippen LogP contribution is -2.19. The van der Waals surface area contributed by atoms with Crippen molar-refractivity contribution in [2.45, 2.75) is 5.75 Å². The zero-order valence-corrected chi connectivity index (χ0v) is 11.5. The number of nitrogens with zero attached hydrogens (tertiary/aromatic N) is 1. The van der Waals surface area contributed by atoms with Crippen LogP contribution in [0.2, 0.25) is 0 Å². The molecule has 2 rings (SSSR count). The Morgan fingerprint density at radius 1 is 1.15 bits per heavy atom. The lowest BCUT2D eigenvalue weighted by atomic mass is 10.2. The van der Waals surface area contributed by atoms with E-state index in [-0.39, 0.29) is 5.75 Å². The minimum atomic E-state index is -3.47. The molecule has 0 aliphatic rings. The fourth-order valence-corrected chi connectivity index (χ4v) is 2.42. The highest BCUT2D eigenvalue weighted by molar-refractivity contribution is 7.88. The molecular weight excluding hydrogens is 276 g/mol. The van der Waals surface area contributed by atoms with Crippen LogP contribution in [0.15, 0.2) is 64.3 Å². The Morgan fingerprint density at radius 2 is 1.95 bits per heavy atom. The number of benzene rings is 1. The van der Waals surface area contributed by atoms with Crippen LogP contribution in [-0.2, 0) is 15.8 Å². The van der Waals surface area contributed by atoms with Gasteiger partial charge >= 0.3 is 0 Å². The molecule has 0 atom stereocenters. The van der Waals surface area contributed by atoms with Gasteiger partial charge in [0.15, 0.2) is 0 Å². The third-order valence-electron chi connectivity index (χ3n) is 2.36. The summed E-state index contributed by atoms with van der Waals surface area (Å²) in [5, 5.41) is 3.65. The van der Waals surface area contributed by atoms with E-state index in [1.807, 2.05) is 6.07 Å². The second kappa shape index (κ2) is 6.72. The summed E-state index contributed by atoms with van der Waals surface area (Å²) < 4.78 is 28.5. The van der Waals surface area contributed by atoms with Gasteiger partial charge in [-0.1, -0.05) is 30.3 Å². The fourth-order valence-electron chi connectivity index (χ4n) is 1.50. The van der Waals surface area contributed by atoms with Crippen LogP contribution in [0.3, 0.4) is 0 Å². The number of furan rings is 1. The van der Waals surface area contributed by atoms with E-state index in [0.717, 1.165) is 0 Å². The first-order valence-corrected chi connectivity index (χ1v) is 7.57. The van der Waals surface area contributed by atoms with Crippen LogP contribution in [0.25, 0.3) is 6.08 Å². The Bertz CT molecular complexity index is 674. The number of nitrogens with one attached hydrogen (secondary N) is 1. The molecule has 1 aromatic heterocycles. The first-order valence-electron chi connectivity index (χ1n) is 5.92. The summed E-state index contributed by atoms with van der Waals surface area (Å²) >= 11 is 0. The third-order valence-corrected chi connectivity index (χ3v) is 3.45. The van der Waals surface area contributed by atoms with Crippen molar-refractivity contribution in [3.63, 3.8) is 0 Å². The second-order valence-corrected chi connectivity index (χ2v) is 5.69. The molecule has 1 aromatic carbocycles. The topological polar surface area (TPSA) is 71.7 Å². The van der Waals surface area contributed by atoms with Crippen LogP contribution in [0, 0.1) is 0 Å². The predicted octanol–water partition coefficient (Wildman–Crippen LogP) is 2.40. The Labute approximate surface area is 117 Å². The van der Waals surface area contributed by atoms with Crippen molar-refractivity contribution in [1.82, 2.24) is 4.83 Å². The van der Waals surface area contributed by atoms with Crippen molar-refractivity contribution in [2.75, 3.05) is 0 Å². The first-order chi connectivity index (χ1) is 9.66. The molecule has 1 N–H and O–H groups in total. The van der Waals surface area contributed by atoms with E-state index in [0.29, 0.717) is 11.3 Å². The zero-order valence-electron chi connectivity index (χ0n) is 10.6. The molecule has 0 spiro atoms. The monoisotopic (exact) mass is 290 g/mol. The average molecular weight is 290 g/mol. The molecule has 0 amide bonds. The number of sulfonamides is 1. The van der Waals surface area contributed by atoms with Crippen molar-refractivity contribution in [1.29, 1.82) is 0 Å². The summed E-state index contributed by atoms with van der Waals surface area (Å²) in [4.78, 5) is 2.15. The molecule has 0 aliphatic heterocycles. The van der Waals surface area contributed by atoms with Crippen molar-refractivity contribution in [2.24, 2.45) is 5.10 Å². The minimum absolute atomic E-state index is 0.104. The summed E-state index contributed by atoms with van der Waals surface area (Å²) in [5.41, 5.74) is 0.710. The summed E-state index contributed by atoms with van der Waals surface area (Å²) in [7, 11) is -3.47. The van der Waals surface area contributed by atoms with Crippen LogP contribution in [0.4, 0.5) is 0 Å². The molecule has 0 aliphatic carbocycles.